The van der Waals surface area contributed by atoms with E-state index in [2.05, 4.69) is 20.7 Å². The minimum atomic E-state index is -4.49. The Balaban J connectivity index is 0.963. The molecule has 2 aromatic carbocycles. The monoisotopic (exact) mass is 532 g/mol. The first-order valence-corrected chi connectivity index (χ1v) is 12.5. The first-order chi connectivity index (χ1) is 18.2. The van der Waals surface area contributed by atoms with Crippen molar-refractivity contribution in [2.45, 2.75) is 49.5 Å². The highest BCUT2D eigenvalue weighted by Gasteiger charge is 2.41. The van der Waals surface area contributed by atoms with Crippen molar-refractivity contribution >= 4 is 22.7 Å². The van der Waals surface area contributed by atoms with Gasteiger partial charge in [-0.1, -0.05) is 11.2 Å². The molecule has 202 valence electrons. The van der Waals surface area contributed by atoms with Gasteiger partial charge in [0, 0.05) is 19.1 Å². The molecule has 38 heavy (non-hydrogen) atoms. The molecule has 1 saturated heterocycles. The van der Waals surface area contributed by atoms with Gasteiger partial charge in [-0.25, -0.2) is 0 Å². The van der Waals surface area contributed by atoms with Gasteiger partial charge in [0.2, 0.25) is 12.7 Å². The fraction of sp³-hybridized carbons (Fsp3) is 0.462. The Morgan fingerprint density at radius 3 is 2.63 bits per heavy atom. The second-order valence-corrected chi connectivity index (χ2v) is 10.1. The van der Waals surface area contributed by atoms with Crippen molar-refractivity contribution < 1.29 is 37.1 Å². The first-order valence-electron chi connectivity index (χ1n) is 12.5. The second-order valence-electron chi connectivity index (χ2n) is 10.1. The van der Waals surface area contributed by atoms with E-state index >= 15 is 0 Å². The SMILES string of the molecule is O=C(CNc1noc2ccc(C(F)(F)F)cc12)NC1CN(C2CCC(O)(c3ccc4c(c3)OCO4)CC2)C1. The zero-order valence-electron chi connectivity index (χ0n) is 20.4. The summed E-state index contributed by atoms with van der Waals surface area (Å²) >= 11 is 0. The molecule has 3 aliphatic rings. The van der Waals surface area contributed by atoms with Crippen molar-refractivity contribution in [1.82, 2.24) is 15.4 Å². The number of benzene rings is 2. The van der Waals surface area contributed by atoms with Crippen LogP contribution in [0.4, 0.5) is 19.0 Å². The maximum Gasteiger partial charge on any atom is 0.416 e. The number of halogens is 3. The molecule has 2 aliphatic heterocycles. The summed E-state index contributed by atoms with van der Waals surface area (Å²) in [5.74, 6) is 1.17. The first kappa shape index (κ1) is 24.8. The van der Waals surface area contributed by atoms with Gasteiger partial charge in [-0.05, 0) is 61.6 Å². The van der Waals surface area contributed by atoms with Gasteiger partial charge >= 0.3 is 6.18 Å². The van der Waals surface area contributed by atoms with Crippen LogP contribution >= 0.6 is 0 Å². The number of rotatable bonds is 6. The van der Waals surface area contributed by atoms with E-state index in [4.69, 9.17) is 14.0 Å². The maximum absolute atomic E-state index is 13.0. The van der Waals surface area contributed by atoms with E-state index in [1.165, 1.54) is 6.07 Å². The topological polar surface area (TPSA) is 109 Å². The minimum Gasteiger partial charge on any atom is -0.454 e. The van der Waals surface area contributed by atoms with Crippen molar-refractivity contribution in [1.29, 1.82) is 0 Å². The molecule has 1 aliphatic carbocycles. The molecule has 6 rings (SSSR count). The van der Waals surface area contributed by atoms with Gasteiger partial charge in [0.05, 0.1) is 29.1 Å². The van der Waals surface area contributed by atoms with Crippen LogP contribution in [-0.4, -0.2) is 59.6 Å². The molecule has 0 unspecified atom stereocenters. The van der Waals surface area contributed by atoms with E-state index < -0.39 is 17.3 Å². The molecule has 2 fully saturated rings. The fourth-order valence-electron chi connectivity index (χ4n) is 5.51. The van der Waals surface area contributed by atoms with Crippen molar-refractivity contribution in [3.8, 4) is 11.5 Å². The van der Waals surface area contributed by atoms with Gasteiger partial charge in [0.1, 0.15) is 0 Å². The summed E-state index contributed by atoms with van der Waals surface area (Å²) in [6, 6.07) is 9.01. The third-order valence-electron chi connectivity index (χ3n) is 7.70. The minimum absolute atomic E-state index is 0.00939. The number of aromatic nitrogens is 1. The third kappa shape index (κ3) is 4.73. The molecule has 0 atom stereocenters. The van der Waals surface area contributed by atoms with Gasteiger partial charge < -0.3 is 29.7 Å². The van der Waals surface area contributed by atoms with Gasteiger partial charge in [-0.2, -0.15) is 13.2 Å². The number of ether oxygens (including phenoxy) is 2. The number of amides is 1. The number of likely N-dealkylation sites (tertiary alicyclic amines) is 1. The number of anilines is 1. The smallest absolute Gasteiger partial charge is 0.416 e. The lowest BCUT2D eigenvalue weighted by atomic mass is 9.76. The summed E-state index contributed by atoms with van der Waals surface area (Å²) in [7, 11) is 0. The molecule has 0 spiro atoms. The number of nitrogens with zero attached hydrogens (tertiary/aromatic N) is 2. The van der Waals surface area contributed by atoms with Crippen LogP contribution in [0.2, 0.25) is 0 Å². The molecule has 1 saturated carbocycles. The molecule has 1 aromatic heterocycles. The van der Waals surface area contributed by atoms with Gasteiger partial charge in [0.15, 0.2) is 22.9 Å². The molecule has 3 aromatic rings. The van der Waals surface area contributed by atoms with Crippen molar-refractivity contribution in [3.63, 3.8) is 0 Å². The Labute approximate surface area is 215 Å². The summed E-state index contributed by atoms with van der Waals surface area (Å²) in [5.41, 5.74) is -0.662. The lowest BCUT2D eigenvalue weighted by Crippen LogP contribution is -2.63. The van der Waals surface area contributed by atoms with E-state index in [-0.39, 0.29) is 42.1 Å². The average molecular weight is 533 g/mol. The van der Waals surface area contributed by atoms with Crippen molar-refractivity contribution in [3.05, 3.63) is 47.5 Å². The number of fused-ring (bicyclic) bond motifs is 2. The molecule has 3 N–H and O–H groups in total. The summed E-state index contributed by atoms with van der Waals surface area (Å²) < 4.78 is 54.9. The summed E-state index contributed by atoms with van der Waals surface area (Å²) in [4.78, 5) is 14.7. The number of nitrogens with one attached hydrogen (secondary N) is 2. The number of aliphatic hydroxyl groups is 1. The zero-order valence-corrected chi connectivity index (χ0v) is 20.4. The highest BCUT2D eigenvalue weighted by molar-refractivity contribution is 5.90. The molecule has 0 radical (unpaired) electrons. The third-order valence-corrected chi connectivity index (χ3v) is 7.70. The van der Waals surface area contributed by atoms with Crippen LogP contribution < -0.4 is 20.1 Å². The van der Waals surface area contributed by atoms with Crippen molar-refractivity contribution in [2.24, 2.45) is 0 Å². The molecule has 1 amide bonds. The lowest BCUT2D eigenvalue weighted by Gasteiger charge is -2.48. The Morgan fingerprint density at radius 2 is 1.87 bits per heavy atom. The van der Waals surface area contributed by atoms with Crippen LogP contribution in [-0.2, 0) is 16.6 Å². The number of alkyl halides is 3. The Kier molecular flexibility index (Phi) is 6.10. The van der Waals surface area contributed by atoms with Crippen LogP contribution in [0, 0.1) is 0 Å². The highest BCUT2D eigenvalue weighted by Crippen LogP contribution is 2.43. The summed E-state index contributed by atoms with van der Waals surface area (Å²) in [6.45, 7) is 1.48. The molecule has 9 nitrogen and oxygen atoms in total. The zero-order chi connectivity index (χ0) is 26.5. The molecule has 3 heterocycles. The van der Waals surface area contributed by atoms with Crippen LogP contribution in [0.25, 0.3) is 11.0 Å². The second kappa shape index (κ2) is 9.35. The number of hydrogen-bond donors (Lipinski definition) is 3. The van der Waals surface area contributed by atoms with Gasteiger partial charge in [-0.3, -0.25) is 9.69 Å². The Hall–Kier alpha value is -3.51. The number of carbonyl (C=O) groups excluding carboxylic acids is 1. The van der Waals surface area contributed by atoms with Crippen LogP contribution in [0.1, 0.15) is 36.8 Å². The highest BCUT2D eigenvalue weighted by atomic mass is 19.4. The number of carbonyl (C=O) groups is 1. The molecular formula is C26H27F3N4O5. The van der Waals surface area contributed by atoms with Crippen LogP contribution in [0.5, 0.6) is 11.5 Å². The molecule has 12 heteroatoms. The van der Waals surface area contributed by atoms with E-state index in [0.29, 0.717) is 43.5 Å². The summed E-state index contributed by atoms with van der Waals surface area (Å²) in [6.07, 6.45) is -1.54. The normalized spacial score (nSPS) is 23.8. The summed E-state index contributed by atoms with van der Waals surface area (Å²) in [5, 5.41) is 20.9. The van der Waals surface area contributed by atoms with E-state index in [1.807, 2.05) is 18.2 Å². The number of hydrogen-bond acceptors (Lipinski definition) is 8. The lowest BCUT2D eigenvalue weighted by molar-refractivity contribution is -0.137. The van der Waals surface area contributed by atoms with Crippen LogP contribution in [0.3, 0.4) is 0 Å². The molecule has 0 bridgehead atoms. The predicted octanol–water partition coefficient (Wildman–Crippen LogP) is 3.62. The van der Waals surface area contributed by atoms with E-state index in [0.717, 1.165) is 30.5 Å². The van der Waals surface area contributed by atoms with Gasteiger partial charge in [0.25, 0.3) is 0 Å². The van der Waals surface area contributed by atoms with Crippen molar-refractivity contribution in [2.75, 3.05) is 31.7 Å². The predicted molar refractivity (Wildman–Crippen MR) is 130 cm³/mol. The average Bonchev–Trinajstić information content (AvgIpc) is 3.51. The van der Waals surface area contributed by atoms with E-state index in [1.54, 1.807) is 0 Å². The molecular weight excluding hydrogens is 505 g/mol. The van der Waals surface area contributed by atoms with E-state index in [9.17, 15) is 23.1 Å². The Bertz CT molecular complexity index is 1350. The standard InChI is InChI=1S/C26H27F3N4O5/c27-26(28,29)16-2-3-20-19(9-16)24(32-38-20)30-11-23(34)31-17-12-33(13-17)18-5-7-25(35,8-6-18)15-1-4-21-22(10-15)37-14-36-21/h1-4,9-10,17-18,35H,5-8,11-14H2,(H,30,32)(H,31,34). The Morgan fingerprint density at radius 1 is 1.11 bits per heavy atom. The van der Waals surface area contributed by atoms with Crippen LogP contribution in [0.15, 0.2) is 40.9 Å². The fourth-order valence-corrected chi connectivity index (χ4v) is 5.51. The maximum atomic E-state index is 13.0. The quantitative estimate of drug-likeness (QED) is 0.442. The largest absolute Gasteiger partial charge is 0.454 e. The van der Waals surface area contributed by atoms with Gasteiger partial charge in [-0.15, -0.1) is 0 Å².